The molecule has 0 unspecified atom stereocenters. The number of rotatable bonds is 5. The summed E-state index contributed by atoms with van der Waals surface area (Å²) in [7, 11) is 4.96. The van der Waals surface area contributed by atoms with Crippen molar-refractivity contribution >= 4 is 11.6 Å². The van der Waals surface area contributed by atoms with Crippen molar-refractivity contribution in [1.82, 2.24) is 14.7 Å². The Bertz CT molecular complexity index is 1070. The van der Waals surface area contributed by atoms with Crippen LogP contribution in [0.3, 0.4) is 0 Å². The van der Waals surface area contributed by atoms with E-state index in [9.17, 15) is 9.18 Å². The molecule has 0 aliphatic carbocycles. The smallest absolute Gasteiger partial charge is 0.272 e. The summed E-state index contributed by atoms with van der Waals surface area (Å²) >= 11 is 0. The molecule has 1 saturated heterocycles. The van der Waals surface area contributed by atoms with Crippen LogP contribution >= 0.6 is 0 Å². The number of methoxy groups -OCH3 is 2. The lowest BCUT2D eigenvalue weighted by molar-refractivity contribution is 0.0735. The second-order valence-corrected chi connectivity index (χ2v) is 7.36. The van der Waals surface area contributed by atoms with Gasteiger partial charge in [0.25, 0.3) is 5.91 Å². The van der Waals surface area contributed by atoms with Gasteiger partial charge in [-0.2, -0.15) is 5.10 Å². The number of hydrogen-bond acceptors (Lipinski definition) is 5. The molecule has 0 bridgehead atoms. The Morgan fingerprint density at radius 1 is 0.968 bits per heavy atom. The van der Waals surface area contributed by atoms with Crippen molar-refractivity contribution in [1.29, 1.82) is 0 Å². The lowest BCUT2D eigenvalue weighted by atomic mass is 10.1. The minimum Gasteiger partial charge on any atom is -0.497 e. The van der Waals surface area contributed by atoms with Gasteiger partial charge in [-0.15, -0.1) is 0 Å². The molecule has 1 aromatic heterocycles. The number of carbonyl (C=O) groups is 1. The molecule has 8 heteroatoms. The molecule has 31 heavy (non-hydrogen) atoms. The number of ether oxygens (including phenoxy) is 2. The lowest BCUT2D eigenvalue weighted by Gasteiger charge is -2.36. The normalized spacial score (nSPS) is 13.9. The first-order valence-corrected chi connectivity index (χ1v) is 10.1. The van der Waals surface area contributed by atoms with Crippen molar-refractivity contribution in [2.75, 3.05) is 45.3 Å². The number of halogens is 1. The highest BCUT2D eigenvalue weighted by molar-refractivity contribution is 5.94. The second-order valence-electron chi connectivity index (χ2n) is 7.36. The number of piperazine rings is 1. The van der Waals surface area contributed by atoms with Gasteiger partial charge in [0.2, 0.25) is 0 Å². The van der Waals surface area contributed by atoms with E-state index < -0.39 is 0 Å². The van der Waals surface area contributed by atoms with E-state index in [2.05, 4.69) is 10.00 Å². The van der Waals surface area contributed by atoms with Crippen LogP contribution < -0.4 is 14.4 Å². The molecule has 0 N–H and O–H groups in total. The minimum atomic E-state index is -0.253. The van der Waals surface area contributed by atoms with E-state index in [0.29, 0.717) is 49.1 Å². The first kappa shape index (κ1) is 20.7. The van der Waals surface area contributed by atoms with Crippen LogP contribution in [0.15, 0.2) is 48.5 Å². The van der Waals surface area contributed by atoms with Crippen molar-refractivity contribution in [3.63, 3.8) is 0 Å². The summed E-state index contributed by atoms with van der Waals surface area (Å²) in [5, 5.41) is 4.54. The van der Waals surface area contributed by atoms with E-state index in [0.717, 1.165) is 11.3 Å². The summed E-state index contributed by atoms with van der Waals surface area (Å²) < 4.78 is 25.5. The summed E-state index contributed by atoms with van der Waals surface area (Å²) in [4.78, 5) is 17.1. The van der Waals surface area contributed by atoms with Crippen LogP contribution in [0.5, 0.6) is 11.5 Å². The van der Waals surface area contributed by atoms with Crippen LogP contribution in [0.25, 0.3) is 11.3 Å². The van der Waals surface area contributed by atoms with Gasteiger partial charge >= 0.3 is 0 Å². The van der Waals surface area contributed by atoms with E-state index >= 15 is 0 Å². The van der Waals surface area contributed by atoms with Gasteiger partial charge < -0.3 is 19.3 Å². The summed E-state index contributed by atoms with van der Waals surface area (Å²) in [6.45, 7) is 2.54. The van der Waals surface area contributed by atoms with Crippen molar-refractivity contribution in [3.8, 4) is 22.8 Å². The Morgan fingerprint density at radius 2 is 1.68 bits per heavy atom. The summed E-state index contributed by atoms with van der Waals surface area (Å²) in [6.07, 6.45) is 0. The number of carbonyl (C=O) groups excluding carboxylic acids is 1. The number of benzene rings is 2. The Kier molecular flexibility index (Phi) is 5.79. The SMILES string of the molecule is COc1ccc(OC)c(-c2cc(C(=O)N3CCN(c4ccc(F)cc4)CC3)n(C)n2)c1. The van der Waals surface area contributed by atoms with Crippen LogP contribution in [0, 0.1) is 5.82 Å². The van der Waals surface area contributed by atoms with Crippen LogP contribution in [-0.4, -0.2) is 61.0 Å². The summed E-state index contributed by atoms with van der Waals surface area (Å²) in [5.41, 5.74) is 2.88. The molecule has 162 valence electrons. The largest absolute Gasteiger partial charge is 0.497 e. The van der Waals surface area contributed by atoms with Crippen LogP contribution in [0.1, 0.15) is 10.5 Å². The molecule has 1 amide bonds. The molecular formula is C23H25FN4O3. The van der Waals surface area contributed by atoms with Crippen molar-refractivity contribution in [2.45, 2.75) is 0 Å². The van der Waals surface area contributed by atoms with Gasteiger partial charge in [-0.25, -0.2) is 4.39 Å². The molecule has 3 aromatic rings. The highest BCUT2D eigenvalue weighted by atomic mass is 19.1. The van der Waals surface area contributed by atoms with E-state index in [1.54, 1.807) is 44.1 Å². The van der Waals surface area contributed by atoms with Gasteiger partial charge in [0.1, 0.15) is 23.0 Å². The number of amides is 1. The zero-order chi connectivity index (χ0) is 22.0. The average molecular weight is 424 g/mol. The van der Waals surface area contributed by atoms with Crippen molar-refractivity contribution < 1.29 is 18.7 Å². The Hall–Kier alpha value is -3.55. The van der Waals surface area contributed by atoms with Gasteiger partial charge in [0.05, 0.1) is 19.9 Å². The third-order valence-electron chi connectivity index (χ3n) is 5.54. The van der Waals surface area contributed by atoms with Crippen LogP contribution in [0.2, 0.25) is 0 Å². The Balaban J connectivity index is 1.50. The van der Waals surface area contributed by atoms with E-state index in [1.807, 2.05) is 23.1 Å². The molecule has 2 aromatic carbocycles. The maximum atomic E-state index is 13.2. The van der Waals surface area contributed by atoms with Crippen LogP contribution in [-0.2, 0) is 7.05 Å². The Morgan fingerprint density at radius 3 is 2.32 bits per heavy atom. The number of hydrogen-bond donors (Lipinski definition) is 0. The highest BCUT2D eigenvalue weighted by Gasteiger charge is 2.25. The number of aryl methyl sites for hydroxylation is 1. The topological polar surface area (TPSA) is 59.8 Å². The molecule has 0 saturated carbocycles. The molecule has 0 radical (unpaired) electrons. The molecule has 0 spiro atoms. The predicted octanol–water partition coefficient (Wildman–Crippen LogP) is 3.21. The maximum Gasteiger partial charge on any atom is 0.272 e. The quantitative estimate of drug-likeness (QED) is 0.630. The molecule has 4 rings (SSSR count). The maximum absolute atomic E-state index is 13.2. The number of anilines is 1. The average Bonchev–Trinajstić information content (AvgIpc) is 3.20. The van der Waals surface area contributed by atoms with Gasteiger partial charge in [-0.05, 0) is 48.5 Å². The van der Waals surface area contributed by atoms with Gasteiger partial charge in [-0.3, -0.25) is 9.48 Å². The summed E-state index contributed by atoms with van der Waals surface area (Å²) in [5.74, 6) is 1.02. The van der Waals surface area contributed by atoms with Gasteiger partial charge in [0.15, 0.2) is 0 Å². The van der Waals surface area contributed by atoms with Gasteiger partial charge in [-0.1, -0.05) is 0 Å². The fourth-order valence-electron chi connectivity index (χ4n) is 3.79. The molecule has 1 aliphatic rings. The van der Waals surface area contributed by atoms with Gasteiger partial charge in [0, 0.05) is 44.5 Å². The fourth-order valence-corrected chi connectivity index (χ4v) is 3.79. The predicted molar refractivity (Wildman–Crippen MR) is 116 cm³/mol. The fraction of sp³-hybridized carbons (Fsp3) is 0.304. The number of aromatic nitrogens is 2. The van der Waals surface area contributed by atoms with Crippen molar-refractivity contribution in [3.05, 3.63) is 60.0 Å². The first-order valence-electron chi connectivity index (χ1n) is 10.1. The zero-order valence-electron chi connectivity index (χ0n) is 17.8. The van der Waals surface area contributed by atoms with E-state index in [4.69, 9.17) is 9.47 Å². The standard InChI is InChI=1S/C23H25FN4O3/c1-26-21(15-20(25-26)19-14-18(30-2)8-9-22(19)31-3)23(29)28-12-10-27(11-13-28)17-6-4-16(24)5-7-17/h4-9,14-15H,10-13H2,1-3H3. The molecule has 1 aliphatic heterocycles. The molecule has 0 atom stereocenters. The number of nitrogens with zero attached hydrogens (tertiary/aromatic N) is 4. The molecule has 7 nitrogen and oxygen atoms in total. The zero-order valence-corrected chi connectivity index (χ0v) is 17.8. The molecule has 2 heterocycles. The third-order valence-corrected chi connectivity index (χ3v) is 5.54. The van der Waals surface area contributed by atoms with E-state index in [-0.39, 0.29) is 11.7 Å². The minimum absolute atomic E-state index is 0.0677. The lowest BCUT2D eigenvalue weighted by Crippen LogP contribution is -2.49. The second kappa shape index (κ2) is 8.67. The first-order chi connectivity index (χ1) is 15.0. The molecule has 1 fully saturated rings. The van der Waals surface area contributed by atoms with Crippen molar-refractivity contribution in [2.24, 2.45) is 7.05 Å². The highest BCUT2D eigenvalue weighted by Crippen LogP contribution is 2.33. The molecular weight excluding hydrogens is 399 g/mol. The van der Waals surface area contributed by atoms with E-state index in [1.165, 1.54) is 12.1 Å². The Labute approximate surface area is 180 Å². The third kappa shape index (κ3) is 4.19. The summed E-state index contributed by atoms with van der Waals surface area (Å²) in [6, 6.07) is 13.7. The van der Waals surface area contributed by atoms with Crippen LogP contribution in [0.4, 0.5) is 10.1 Å². The monoisotopic (exact) mass is 424 g/mol.